The summed E-state index contributed by atoms with van der Waals surface area (Å²) in [6.07, 6.45) is 1.51. The van der Waals surface area contributed by atoms with Gasteiger partial charge in [0.15, 0.2) is 6.17 Å². The van der Waals surface area contributed by atoms with Gasteiger partial charge in [-0.2, -0.15) is 4.31 Å². The van der Waals surface area contributed by atoms with Crippen LogP contribution in [0.15, 0.2) is 41.6 Å². The molecule has 3 rings (SSSR count). The van der Waals surface area contributed by atoms with Crippen LogP contribution in [-0.2, 0) is 21.4 Å². The Balaban J connectivity index is 2.14. The highest BCUT2D eigenvalue weighted by atomic mass is 35.5. The molecule has 1 aromatic carbocycles. The molecule has 0 saturated heterocycles. The van der Waals surface area contributed by atoms with Gasteiger partial charge < -0.3 is 10.4 Å². The average Bonchev–Trinajstić information content (AvgIpc) is 2.49. The van der Waals surface area contributed by atoms with E-state index < -0.39 is 22.2 Å². The number of pyridine rings is 1. The molecule has 0 aliphatic carbocycles. The van der Waals surface area contributed by atoms with E-state index in [2.05, 4.69) is 10.3 Å². The molecule has 1 aromatic heterocycles. The van der Waals surface area contributed by atoms with E-state index in [4.69, 9.17) is 23.2 Å². The molecular formula is C14H11Cl2N3O4S. The molecule has 2 N–H and O–H groups in total. The topological polar surface area (TPSA) is 99.6 Å². The van der Waals surface area contributed by atoms with E-state index in [9.17, 15) is 18.3 Å². The lowest BCUT2D eigenvalue weighted by Gasteiger charge is -2.35. The molecule has 1 aliphatic rings. The lowest BCUT2D eigenvalue weighted by molar-refractivity contribution is -0.140. The molecule has 1 unspecified atom stereocenters. The molecule has 2 aromatic rings. The number of nitrogens with zero attached hydrogens (tertiary/aromatic N) is 2. The molecule has 10 heteroatoms. The summed E-state index contributed by atoms with van der Waals surface area (Å²) in [4.78, 5) is 15.3. The van der Waals surface area contributed by atoms with Gasteiger partial charge in [0, 0.05) is 24.0 Å². The number of aromatic nitrogens is 1. The molecule has 2 heterocycles. The van der Waals surface area contributed by atoms with Crippen molar-refractivity contribution in [2.24, 2.45) is 0 Å². The first-order valence-corrected chi connectivity index (χ1v) is 8.89. The molecule has 1 aliphatic heterocycles. The third-order valence-electron chi connectivity index (χ3n) is 3.45. The van der Waals surface area contributed by atoms with Gasteiger partial charge in [-0.1, -0.05) is 29.3 Å². The Labute approximate surface area is 147 Å². The number of carboxylic acids is 1. The van der Waals surface area contributed by atoms with E-state index in [0.717, 1.165) is 4.31 Å². The number of aliphatic carboxylic acids is 1. The van der Waals surface area contributed by atoms with Gasteiger partial charge in [-0.3, -0.25) is 4.98 Å². The molecule has 0 fully saturated rings. The van der Waals surface area contributed by atoms with Crippen molar-refractivity contribution in [2.45, 2.75) is 17.6 Å². The first kappa shape index (κ1) is 17.0. The van der Waals surface area contributed by atoms with E-state index >= 15 is 0 Å². The van der Waals surface area contributed by atoms with Crippen molar-refractivity contribution >= 4 is 44.9 Å². The fraction of sp³-hybridized carbons (Fsp3) is 0.143. The van der Waals surface area contributed by atoms with Crippen LogP contribution in [0.5, 0.6) is 0 Å². The van der Waals surface area contributed by atoms with Crippen LogP contribution in [0.3, 0.4) is 0 Å². The second-order valence-electron chi connectivity index (χ2n) is 5.06. The predicted molar refractivity (Wildman–Crippen MR) is 88.5 cm³/mol. The highest BCUT2D eigenvalue weighted by Crippen LogP contribution is 2.39. The van der Waals surface area contributed by atoms with E-state index in [0.29, 0.717) is 5.56 Å². The molecule has 0 amide bonds. The summed E-state index contributed by atoms with van der Waals surface area (Å²) in [7, 11) is -4.15. The van der Waals surface area contributed by atoms with Crippen LogP contribution < -0.4 is 5.32 Å². The second kappa shape index (κ2) is 6.21. The zero-order chi connectivity index (χ0) is 17.5. The van der Waals surface area contributed by atoms with Crippen molar-refractivity contribution in [1.29, 1.82) is 0 Å². The number of fused-ring (bicyclic) bond motifs is 1. The highest BCUT2D eigenvalue weighted by Gasteiger charge is 2.43. The number of hydrogen-bond acceptors (Lipinski definition) is 5. The maximum atomic E-state index is 12.9. The minimum atomic E-state index is -4.15. The Morgan fingerprint density at radius 1 is 1.38 bits per heavy atom. The Bertz CT molecular complexity index is 906. The van der Waals surface area contributed by atoms with Gasteiger partial charge >= 0.3 is 5.97 Å². The van der Waals surface area contributed by atoms with Crippen LogP contribution in [0.4, 0.5) is 5.69 Å². The van der Waals surface area contributed by atoms with Gasteiger partial charge in [-0.25, -0.2) is 13.2 Å². The largest absolute Gasteiger partial charge is 0.479 e. The second-order valence-corrected chi connectivity index (χ2v) is 7.73. The van der Waals surface area contributed by atoms with E-state index in [-0.39, 0.29) is 27.2 Å². The zero-order valence-corrected chi connectivity index (χ0v) is 14.3. The SMILES string of the molecule is O=C(O)C1Nc2cc(Cl)cc(Cl)c2S(=O)(=O)N1Cc1cccnc1. The van der Waals surface area contributed by atoms with Gasteiger partial charge in [-0.15, -0.1) is 0 Å². The van der Waals surface area contributed by atoms with Crippen molar-refractivity contribution in [3.05, 3.63) is 52.3 Å². The van der Waals surface area contributed by atoms with Gasteiger partial charge in [0.05, 0.1) is 10.7 Å². The third-order valence-corrected chi connectivity index (χ3v) is 5.99. The van der Waals surface area contributed by atoms with Crippen molar-refractivity contribution in [3.63, 3.8) is 0 Å². The Kier molecular flexibility index (Phi) is 4.39. The molecular weight excluding hydrogens is 377 g/mol. The zero-order valence-electron chi connectivity index (χ0n) is 12.0. The number of benzene rings is 1. The number of hydrogen-bond donors (Lipinski definition) is 2. The van der Waals surface area contributed by atoms with Gasteiger partial charge in [-0.05, 0) is 23.8 Å². The normalized spacial score (nSPS) is 19.3. The maximum absolute atomic E-state index is 12.9. The standard InChI is InChI=1S/C14H11Cl2N3O4S/c15-9-4-10(16)12-11(5-9)18-13(14(20)21)19(24(12,22)23)7-8-2-1-3-17-6-8/h1-6,13,18H,7H2,(H,20,21). The Morgan fingerprint density at radius 2 is 2.12 bits per heavy atom. The molecule has 7 nitrogen and oxygen atoms in total. The maximum Gasteiger partial charge on any atom is 0.342 e. The lowest BCUT2D eigenvalue weighted by Crippen LogP contribution is -2.52. The molecule has 0 radical (unpaired) electrons. The van der Waals surface area contributed by atoms with E-state index in [1.165, 1.54) is 24.5 Å². The van der Waals surface area contributed by atoms with Crippen molar-refractivity contribution in [3.8, 4) is 0 Å². The summed E-state index contributed by atoms with van der Waals surface area (Å²) in [5.41, 5.74) is 0.602. The predicted octanol–water partition coefficient (Wildman–Crippen LogP) is 2.42. The lowest BCUT2D eigenvalue weighted by atomic mass is 10.2. The van der Waals surface area contributed by atoms with Gasteiger partial charge in [0.2, 0.25) is 10.0 Å². The van der Waals surface area contributed by atoms with Crippen molar-refractivity contribution in [1.82, 2.24) is 9.29 Å². The quantitative estimate of drug-likeness (QED) is 0.838. The summed E-state index contributed by atoms with van der Waals surface area (Å²) in [6.45, 7) is -0.168. The summed E-state index contributed by atoms with van der Waals surface area (Å²) in [6, 6.07) is 5.92. The van der Waals surface area contributed by atoms with Crippen LogP contribution >= 0.6 is 23.2 Å². The van der Waals surface area contributed by atoms with E-state index in [1.54, 1.807) is 12.1 Å². The van der Waals surface area contributed by atoms with Gasteiger partial charge in [0.25, 0.3) is 0 Å². The number of anilines is 1. The van der Waals surface area contributed by atoms with E-state index in [1.807, 2.05) is 0 Å². The summed E-state index contributed by atoms with van der Waals surface area (Å²) < 4.78 is 26.7. The Hall–Kier alpha value is -1.87. The number of halogens is 2. The summed E-state index contributed by atoms with van der Waals surface area (Å²) >= 11 is 11.9. The minimum Gasteiger partial charge on any atom is -0.479 e. The number of sulfonamides is 1. The number of carbonyl (C=O) groups is 1. The molecule has 1 atom stereocenters. The fourth-order valence-corrected chi connectivity index (χ4v) is 4.90. The van der Waals surface area contributed by atoms with Crippen molar-refractivity contribution in [2.75, 3.05) is 5.32 Å². The fourth-order valence-electron chi connectivity index (χ4n) is 2.44. The number of carboxylic acid groups (broad SMARTS) is 1. The first-order chi connectivity index (χ1) is 11.3. The number of rotatable bonds is 3. The smallest absolute Gasteiger partial charge is 0.342 e. The first-order valence-electron chi connectivity index (χ1n) is 6.70. The van der Waals surface area contributed by atoms with Gasteiger partial charge in [0.1, 0.15) is 4.90 Å². The molecule has 0 bridgehead atoms. The molecule has 24 heavy (non-hydrogen) atoms. The average molecular weight is 388 g/mol. The monoisotopic (exact) mass is 387 g/mol. The molecule has 0 spiro atoms. The Morgan fingerprint density at radius 3 is 2.75 bits per heavy atom. The van der Waals surface area contributed by atoms with Crippen LogP contribution in [0.25, 0.3) is 0 Å². The van der Waals surface area contributed by atoms with Crippen LogP contribution in [0, 0.1) is 0 Å². The third kappa shape index (κ3) is 2.93. The summed E-state index contributed by atoms with van der Waals surface area (Å²) in [5, 5.41) is 12.2. The minimum absolute atomic E-state index is 0.0577. The van der Waals surface area contributed by atoms with Crippen molar-refractivity contribution < 1.29 is 18.3 Å². The number of nitrogens with one attached hydrogen (secondary N) is 1. The molecule has 126 valence electrons. The van der Waals surface area contributed by atoms with Crippen LogP contribution in [0.2, 0.25) is 10.0 Å². The highest BCUT2D eigenvalue weighted by molar-refractivity contribution is 7.89. The van der Waals surface area contributed by atoms with Crippen LogP contribution in [0.1, 0.15) is 5.56 Å². The van der Waals surface area contributed by atoms with Crippen LogP contribution in [-0.4, -0.2) is 34.9 Å². The summed E-state index contributed by atoms with van der Waals surface area (Å²) in [5.74, 6) is -1.34. The molecule has 0 saturated carbocycles.